The van der Waals surface area contributed by atoms with Gasteiger partial charge in [-0.25, -0.2) is 13.4 Å². The molecule has 0 unspecified atom stereocenters. The Hall–Kier alpha value is -3.87. The van der Waals surface area contributed by atoms with Crippen molar-refractivity contribution in [2.24, 2.45) is 0 Å². The summed E-state index contributed by atoms with van der Waals surface area (Å²) in [5.41, 5.74) is 2.09. The number of hydrogen-bond acceptors (Lipinski definition) is 7. The summed E-state index contributed by atoms with van der Waals surface area (Å²) in [6.07, 6.45) is 4.01. The first-order valence-corrected chi connectivity index (χ1v) is 15.2. The zero-order valence-corrected chi connectivity index (χ0v) is 23.8. The Bertz CT molecular complexity index is 1750. The molecule has 1 saturated heterocycles. The van der Waals surface area contributed by atoms with Gasteiger partial charge in [0, 0.05) is 24.5 Å². The average Bonchev–Trinajstić information content (AvgIpc) is 3.29. The molecular formula is C28H29N5O5S2. The van der Waals surface area contributed by atoms with E-state index in [1.807, 2.05) is 25.1 Å². The molecule has 0 bridgehead atoms. The van der Waals surface area contributed by atoms with E-state index < -0.39 is 21.5 Å². The lowest BCUT2D eigenvalue weighted by Gasteiger charge is -2.25. The molecule has 2 N–H and O–H groups in total. The fourth-order valence-electron chi connectivity index (χ4n) is 4.70. The molecule has 208 valence electrons. The number of piperidine rings is 1. The van der Waals surface area contributed by atoms with Gasteiger partial charge in [-0.1, -0.05) is 24.6 Å². The number of anilines is 2. The number of para-hydroxylation sites is 1. The normalized spacial score (nSPS) is 14.2. The number of fused-ring (bicyclic) bond motifs is 1. The summed E-state index contributed by atoms with van der Waals surface area (Å²) in [4.78, 5) is 44.2. The fourth-order valence-corrected chi connectivity index (χ4v) is 7.25. The van der Waals surface area contributed by atoms with Crippen LogP contribution in [-0.2, 0) is 21.4 Å². The van der Waals surface area contributed by atoms with E-state index in [9.17, 15) is 22.8 Å². The first-order valence-electron chi connectivity index (χ1n) is 12.9. The standard InChI is InChI=1S/C28H29N5O5S2/c1-18-8-4-5-9-22(18)31-26(35)25-19(2)24-27(39-25)29-17-32(28(24)36)16-23(34)30-20-10-12-21(13-11-20)40(37,38)33-14-6-3-7-15-33/h4-5,8-13,17H,3,6-7,14-16H2,1-2H3,(H,30,34)(H,31,35). The Balaban J connectivity index is 1.29. The Labute approximate surface area is 235 Å². The van der Waals surface area contributed by atoms with E-state index in [1.165, 1.54) is 39.5 Å². The van der Waals surface area contributed by atoms with Gasteiger partial charge in [0.1, 0.15) is 11.4 Å². The monoisotopic (exact) mass is 579 g/mol. The molecule has 2 amide bonds. The molecule has 3 heterocycles. The first-order chi connectivity index (χ1) is 19.1. The Morgan fingerprint density at radius 1 is 0.975 bits per heavy atom. The van der Waals surface area contributed by atoms with Gasteiger partial charge < -0.3 is 10.6 Å². The lowest BCUT2D eigenvalue weighted by molar-refractivity contribution is -0.116. The molecule has 1 fully saturated rings. The lowest BCUT2D eigenvalue weighted by Crippen LogP contribution is -2.35. The van der Waals surface area contributed by atoms with Crippen LogP contribution in [-0.4, -0.2) is 47.2 Å². The van der Waals surface area contributed by atoms with E-state index in [-0.39, 0.29) is 17.3 Å². The van der Waals surface area contributed by atoms with Crippen LogP contribution < -0.4 is 16.2 Å². The third-order valence-electron chi connectivity index (χ3n) is 6.92. The number of carbonyl (C=O) groups is 2. The summed E-state index contributed by atoms with van der Waals surface area (Å²) in [5, 5.41) is 5.88. The third-order valence-corrected chi connectivity index (χ3v) is 10.0. The van der Waals surface area contributed by atoms with Gasteiger partial charge in [-0.05, 0) is 68.1 Å². The van der Waals surface area contributed by atoms with Crippen LogP contribution >= 0.6 is 11.3 Å². The summed E-state index contributed by atoms with van der Waals surface area (Å²) >= 11 is 1.13. The van der Waals surface area contributed by atoms with Crippen molar-refractivity contribution in [2.45, 2.75) is 44.6 Å². The zero-order chi connectivity index (χ0) is 28.4. The number of sulfonamides is 1. The molecule has 0 aliphatic carbocycles. The van der Waals surface area contributed by atoms with E-state index in [2.05, 4.69) is 15.6 Å². The highest BCUT2D eigenvalue weighted by molar-refractivity contribution is 7.89. The molecule has 0 atom stereocenters. The first kappa shape index (κ1) is 27.7. The summed E-state index contributed by atoms with van der Waals surface area (Å²) in [7, 11) is -3.57. The summed E-state index contributed by atoms with van der Waals surface area (Å²) in [6, 6.07) is 13.4. The maximum atomic E-state index is 13.2. The minimum Gasteiger partial charge on any atom is -0.325 e. The second-order valence-corrected chi connectivity index (χ2v) is 12.7. The molecule has 4 aromatic rings. The molecule has 10 nitrogen and oxygen atoms in total. The predicted octanol–water partition coefficient (Wildman–Crippen LogP) is 4.14. The number of nitrogens with one attached hydrogen (secondary N) is 2. The molecule has 1 aliphatic heterocycles. The SMILES string of the molecule is Cc1ccccc1NC(=O)c1sc2ncn(CC(=O)Nc3ccc(S(=O)(=O)N4CCCCC4)cc3)c(=O)c2c1C. The maximum Gasteiger partial charge on any atom is 0.266 e. The van der Waals surface area contributed by atoms with Gasteiger partial charge in [0.05, 0.1) is 21.5 Å². The highest BCUT2D eigenvalue weighted by Gasteiger charge is 2.26. The van der Waals surface area contributed by atoms with Crippen molar-refractivity contribution in [1.29, 1.82) is 0 Å². The van der Waals surface area contributed by atoms with Crippen LogP contribution in [0, 0.1) is 13.8 Å². The Kier molecular flexibility index (Phi) is 7.83. The summed E-state index contributed by atoms with van der Waals surface area (Å²) < 4.78 is 28.4. The molecule has 2 aromatic carbocycles. The van der Waals surface area contributed by atoms with E-state index in [1.54, 1.807) is 13.0 Å². The van der Waals surface area contributed by atoms with Crippen molar-refractivity contribution < 1.29 is 18.0 Å². The maximum absolute atomic E-state index is 13.2. The van der Waals surface area contributed by atoms with Crippen LogP contribution in [0.15, 0.2) is 64.5 Å². The topological polar surface area (TPSA) is 130 Å². The number of aryl methyl sites for hydroxylation is 2. The second kappa shape index (κ2) is 11.3. The molecule has 0 radical (unpaired) electrons. The smallest absolute Gasteiger partial charge is 0.266 e. The summed E-state index contributed by atoms with van der Waals surface area (Å²) in [5.74, 6) is -0.801. The van der Waals surface area contributed by atoms with Crippen molar-refractivity contribution in [3.8, 4) is 0 Å². The molecule has 5 rings (SSSR count). The van der Waals surface area contributed by atoms with Crippen LogP contribution in [0.25, 0.3) is 10.2 Å². The number of benzene rings is 2. The second-order valence-electron chi connectivity index (χ2n) is 9.72. The predicted molar refractivity (Wildman–Crippen MR) is 155 cm³/mol. The number of nitrogens with zero attached hydrogens (tertiary/aromatic N) is 3. The number of hydrogen-bond donors (Lipinski definition) is 2. The van der Waals surface area contributed by atoms with Gasteiger partial charge in [0.25, 0.3) is 11.5 Å². The van der Waals surface area contributed by atoms with Gasteiger partial charge in [-0.3, -0.25) is 19.0 Å². The van der Waals surface area contributed by atoms with E-state index in [4.69, 9.17) is 0 Å². The molecule has 0 spiro atoms. The number of rotatable bonds is 7. The highest BCUT2D eigenvalue weighted by atomic mass is 32.2. The minimum absolute atomic E-state index is 0.175. The molecule has 1 aliphatic rings. The molecule has 40 heavy (non-hydrogen) atoms. The van der Waals surface area contributed by atoms with E-state index >= 15 is 0 Å². The van der Waals surface area contributed by atoms with Crippen molar-refractivity contribution in [3.05, 3.63) is 81.2 Å². The third kappa shape index (κ3) is 5.55. The molecule has 2 aromatic heterocycles. The Morgan fingerprint density at radius 2 is 1.68 bits per heavy atom. The van der Waals surface area contributed by atoms with Crippen molar-refractivity contribution in [2.75, 3.05) is 23.7 Å². The Morgan fingerprint density at radius 3 is 2.38 bits per heavy atom. The van der Waals surface area contributed by atoms with Crippen LogP contribution in [0.1, 0.15) is 40.1 Å². The highest BCUT2D eigenvalue weighted by Crippen LogP contribution is 2.28. The number of thiophene rings is 1. The number of amides is 2. The quantitative estimate of drug-likeness (QED) is 0.338. The van der Waals surface area contributed by atoms with Gasteiger partial charge in [-0.2, -0.15) is 4.31 Å². The number of carbonyl (C=O) groups excluding carboxylic acids is 2. The van der Waals surface area contributed by atoms with Gasteiger partial charge in [0.15, 0.2) is 0 Å². The fraction of sp³-hybridized carbons (Fsp3) is 0.286. The van der Waals surface area contributed by atoms with Gasteiger partial charge in [-0.15, -0.1) is 11.3 Å². The van der Waals surface area contributed by atoms with E-state index in [0.717, 1.165) is 36.2 Å². The van der Waals surface area contributed by atoms with Crippen LogP contribution in [0.2, 0.25) is 0 Å². The number of aromatic nitrogens is 2. The van der Waals surface area contributed by atoms with Crippen molar-refractivity contribution in [1.82, 2.24) is 13.9 Å². The average molecular weight is 580 g/mol. The largest absolute Gasteiger partial charge is 0.325 e. The lowest BCUT2D eigenvalue weighted by atomic mass is 10.2. The van der Waals surface area contributed by atoms with Crippen LogP contribution in [0.3, 0.4) is 0 Å². The van der Waals surface area contributed by atoms with Crippen LogP contribution in [0.4, 0.5) is 11.4 Å². The van der Waals surface area contributed by atoms with Gasteiger partial charge in [0.2, 0.25) is 15.9 Å². The zero-order valence-electron chi connectivity index (χ0n) is 22.1. The molecule has 12 heteroatoms. The van der Waals surface area contributed by atoms with Crippen molar-refractivity contribution >= 4 is 54.8 Å². The molecular weight excluding hydrogens is 550 g/mol. The van der Waals surface area contributed by atoms with E-state index in [0.29, 0.717) is 45.1 Å². The van der Waals surface area contributed by atoms with Gasteiger partial charge >= 0.3 is 0 Å². The summed E-state index contributed by atoms with van der Waals surface area (Å²) in [6.45, 7) is 4.31. The van der Waals surface area contributed by atoms with Crippen molar-refractivity contribution in [3.63, 3.8) is 0 Å². The molecule has 0 saturated carbocycles. The minimum atomic E-state index is -3.57. The van der Waals surface area contributed by atoms with Crippen LogP contribution in [0.5, 0.6) is 0 Å².